The molecule has 0 N–H and O–H groups in total. The monoisotopic (exact) mass is 372 g/mol. The van der Waals surface area contributed by atoms with E-state index in [2.05, 4.69) is 6.07 Å². The predicted molar refractivity (Wildman–Crippen MR) is 101 cm³/mol. The van der Waals surface area contributed by atoms with Gasteiger partial charge in [-0.3, -0.25) is 9.59 Å². The fraction of sp³-hybridized carbons (Fsp3) is 0.400. The van der Waals surface area contributed by atoms with E-state index in [1.165, 1.54) is 29.9 Å². The number of benzene rings is 1. The molecule has 4 nitrogen and oxygen atoms in total. The number of piperazine rings is 1. The summed E-state index contributed by atoms with van der Waals surface area (Å²) in [6.07, 6.45) is 3.38. The van der Waals surface area contributed by atoms with E-state index in [4.69, 9.17) is 0 Å². The summed E-state index contributed by atoms with van der Waals surface area (Å²) in [5.74, 6) is -0.433. The van der Waals surface area contributed by atoms with Crippen LogP contribution in [0.2, 0.25) is 0 Å². The fourth-order valence-electron chi connectivity index (χ4n) is 3.72. The zero-order valence-electron chi connectivity index (χ0n) is 14.8. The molecule has 1 saturated heterocycles. The van der Waals surface area contributed by atoms with Gasteiger partial charge in [0.05, 0.1) is 10.6 Å². The maximum absolute atomic E-state index is 14.3. The van der Waals surface area contributed by atoms with Gasteiger partial charge in [0.15, 0.2) is 5.78 Å². The zero-order valence-corrected chi connectivity index (χ0v) is 15.6. The molecule has 1 fully saturated rings. The van der Waals surface area contributed by atoms with Crippen LogP contribution in [0, 0.1) is 5.82 Å². The Kier molecular flexibility index (Phi) is 4.53. The molecule has 6 heteroatoms. The number of aryl methyl sites for hydroxylation is 2. The number of halogens is 1. The summed E-state index contributed by atoms with van der Waals surface area (Å²) in [7, 11) is 0. The average Bonchev–Trinajstić information content (AvgIpc) is 3.23. The van der Waals surface area contributed by atoms with E-state index in [1.54, 1.807) is 23.5 Å². The number of fused-ring (bicyclic) bond motifs is 1. The molecular weight excluding hydrogens is 351 g/mol. The third-order valence-electron chi connectivity index (χ3n) is 5.22. The van der Waals surface area contributed by atoms with Crippen LogP contribution in [-0.4, -0.2) is 42.8 Å². The highest BCUT2D eigenvalue weighted by molar-refractivity contribution is 7.14. The molecule has 1 aliphatic heterocycles. The standard InChI is InChI=1S/C20H21FN2O2S/c1-13(24)14-5-6-17(16(21)11-14)22-7-9-23(10-8-22)20(25)19-12-15-3-2-4-18(15)26-19/h5-6,11-12H,2-4,7-10H2,1H3. The topological polar surface area (TPSA) is 40.6 Å². The molecule has 1 amide bonds. The quantitative estimate of drug-likeness (QED) is 0.774. The second-order valence-electron chi connectivity index (χ2n) is 6.91. The average molecular weight is 372 g/mol. The first-order chi connectivity index (χ1) is 12.5. The Labute approximate surface area is 156 Å². The summed E-state index contributed by atoms with van der Waals surface area (Å²) in [5, 5.41) is 0. The Morgan fingerprint density at radius 1 is 1.08 bits per heavy atom. The molecule has 0 radical (unpaired) electrons. The molecule has 0 unspecified atom stereocenters. The first-order valence-electron chi connectivity index (χ1n) is 8.99. The molecule has 0 saturated carbocycles. The Morgan fingerprint density at radius 3 is 2.50 bits per heavy atom. The normalized spacial score (nSPS) is 16.7. The Morgan fingerprint density at radius 2 is 1.85 bits per heavy atom. The van der Waals surface area contributed by atoms with Gasteiger partial charge in [-0.15, -0.1) is 11.3 Å². The van der Waals surface area contributed by atoms with Gasteiger partial charge in [0.25, 0.3) is 5.91 Å². The number of carbonyl (C=O) groups excluding carboxylic acids is 2. The SMILES string of the molecule is CC(=O)c1ccc(N2CCN(C(=O)c3cc4c(s3)CCC4)CC2)c(F)c1. The highest BCUT2D eigenvalue weighted by atomic mass is 32.1. The molecule has 26 heavy (non-hydrogen) atoms. The van der Waals surface area contributed by atoms with Gasteiger partial charge in [-0.2, -0.15) is 0 Å². The lowest BCUT2D eigenvalue weighted by atomic mass is 10.1. The molecule has 0 atom stereocenters. The lowest BCUT2D eigenvalue weighted by molar-refractivity contribution is 0.0751. The molecular formula is C20H21FN2O2S. The van der Waals surface area contributed by atoms with Crippen LogP contribution >= 0.6 is 11.3 Å². The minimum absolute atomic E-state index is 0.0939. The van der Waals surface area contributed by atoms with Crippen LogP contribution in [0.1, 0.15) is 43.8 Å². The van der Waals surface area contributed by atoms with Gasteiger partial charge in [-0.25, -0.2) is 4.39 Å². The van der Waals surface area contributed by atoms with E-state index in [1.807, 2.05) is 9.80 Å². The third-order valence-corrected chi connectivity index (χ3v) is 6.44. The van der Waals surface area contributed by atoms with Crippen molar-refractivity contribution in [3.63, 3.8) is 0 Å². The highest BCUT2D eigenvalue weighted by Crippen LogP contribution is 2.31. The largest absolute Gasteiger partial charge is 0.366 e. The van der Waals surface area contributed by atoms with E-state index >= 15 is 0 Å². The van der Waals surface area contributed by atoms with Gasteiger partial charge < -0.3 is 9.80 Å². The van der Waals surface area contributed by atoms with Crippen LogP contribution in [0.15, 0.2) is 24.3 Å². The highest BCUT2D eigenvalue weighted by Gasteiger charge is 2.26. The number of hydrogen-bond donors (Lipinski definition) is 0. The van der Waals surface area contributed by atoms with Crippen LogP contribution in [0.4, 0.5) is 10.1 Å². The minimum atomic E-state index is -0.382. The molecule has 1 aromatic carbocycles. The van der Waals surface area contributed by atoms with Gasteiger partial charge >= 0.3 is 0 Å². The molecule has 4 rings (SSSR count). The zero-order chi connectivity index (χ0) is 18.3. The Balaban J connectivity index is 1.42. The second kappa shape index (κ2) is 6.83. The van der Waals surface area contributed by atoms with Crippen molar-refractivity contribution < 1.29 is 14.0 Å². The van der Waals surface area contributed by atoms with Gasteiger partial charge in [0.1, 0.15) is 5.82 Å². The molecule has 2 heterocycles. The fourth-order valence-corrected chi connectivity index (χ4v) is 4.94. The number of thiophene rings is 1. The number of carbonyl (C=O) groups is 2. The van der Waals surface area contributed by atoms with Crippen LogP contribution < -0.4 is 4.90 Å². The van der Waals surface area contributed by atoms with Crippen molar-refractivity contribution in [1.29, 1.82) is 0 Å². The van der Waals surface area contributed by atoms with E-state index in [-0.39, 0.29) is 17.5 Å². The van der Waals surface area contributed by atoms with Gasteiger partial charge in [-0.05, 0) is 56.0 Å². The van der Waals surface area contributed by atoms with Crippen molar-refractivity contribution in [2.24, 2.45) is 0 Å². The maximum Gasteiger partial charge on any atom is 0.264 e. The number of rotatable bonds is 3. The van der Waals surface area contributed by atoms with Gasteiger partial charge in [0, 0.05) is 36.6 Å². The Hall–Kier alpha value is -2.21. The van der Waals surface area contributed by atoms with E-state index in [0.29, 0.717) is 37.4 Å². The second-order valence-corrected chi connectivity index (χ2v) is 8.05. The minimum Gasteiger partial charge on any atom is -0.366 e. The van der Waals surface area contributed by atoms with Crippen molar-refractivity contribution in [2.45, 2.75) is 26.2 Å². The van der Waals surface area contributed by atoms with E-state index < -0.39 is 0 Å². The number of anilines is 1. The molecule has 0 bridgehead atoms. The lowest BCUT2D eigenvalue weighted by Crippen LogP contribution is -2.48. The van der Waals surface area contributed by atoms with Gasteiger partial charge in [-0.1, -0.05) is 0 Å². The van der Waals surface area contributed by atoms with E-state index in [0.717, 1.165) is 17.7 Å². The summed E-state index contributed by atoms with van der Waals surface area (Å²) in [5.41, 5.74) is 2.22. The predicted octanol–water partition coefficient (Wildman–Crippen LogP) is 3.54. The number of nitrogens with zero attached hydrogens (tertiary/aromatic N) is 2. The molecule has 2 aromatic rings. The molecule has 1 aliphatic carbocycles. The summed E-state index contributed by atoms with van der Waals surface area (Å²) < 4.78 is 14.3. The maximum atomic E-state index is 14.3. The Bertz CT molecular complexity index is 847. The smallest absolute Gasteiger partial charge is 0.264 e. The first-order valence-corrected chi connectivity index (χ1v) is 9.81. The molecule has 1 aromatic heterocycles. The van der Waals surface area contributed by atoms with Crippen molar-refractivity contribution in [3.05, 3.63) is 51.0 Å². The first kappa shape index (κ1) is 17.2. The van der Waals surface area contributed by atoms with Crippen molar-refractivity contribution >= 4 is 28.7 Å². The van der Waals surface area contributed by atoms with Crippen molar-refractivity contribution in [1.82, 2.24) is 4.90 Å². The summed E-state index contributed by atoms with van der Waals surface area (Å²) in [6, 6.07) is 6.67. The lowest BCUT2D eigenvalue weighted by Gasteiger charge is -2.36. The van der Waals surface area contributed by atoms with Crippen LogP contribution in [0.3, 0.4) is 0 Å². The molecule has 2 aliphatic rings. The van der Waals surface area contributed by atoms with Crippen molar-refractivity contribution in [3.8, 4) is 0 Å². The number of ketones is 1. The summed E-state index contributed by atoms with van der Waals surface area (Å²) in [4.78, 5) is 30.1. The van der Waals surface area contributed by atoms with Crippen molar-refractivity contribution in [2.75, 3.05) is 31.1 Å². The van der Waals surface area contributed by atoms with Crippen LogP contribution in [0.5, 0.6) is 0 Å². The number of amides is 1. The number of hydrogen-bond acceptors (Lipinski definition) is 4. The molecule has 0 spiro atoms. The van der Waals surface area contributed by atoms with Crippen LogP contribution in [-0.2, 0) is 12.8 Å². The third kappa shape index (κ3) is 3.14. The van der Waals surface area contributed by atoms with Gasteiger partial charge in [0.2, 0.25) is 0 Å². The van der Waals surface area contributed by atoms with E-state index in [9.17, 15) is 14.0 Å². The molecule has 136 valence electrons. The summed E-state index contributed by atoms with van der Waals surface area (Å²) in [6.45, 7) is 3.77. The summed E-state index contributed by atoms with van der Waals surface area (Å²) >= 11 is 1.63. The van der Waals surface area contributed by atoms with Crippen LogP contribution in [0.25, 0.3) is 0 Å². The number of Topliss-reactive ketones (excluding diaryl/α,β-unsaturated/α-hetero) is 1.